The van der Waals surface area contributed by atoms with Gasteiger partial charge in [-0.25, -0.2) is 5.84 Å². The fourth-order valence-electron chi connectivity index (χ4n) is 2.30. The molecule has 1 saturated heterocycles. The number of nitrogens with zero attached hydrogens (tertiary/aromatic N) is 4. The van der Waals surface area contributed by atoms with Gasteiger partial charge in [0.2, 0.25) is 5.95 Å². The van der Waals surface area contributed by atoms with Crippen molar-refractivity contribution in [3.05, 3.63) is 6.20 Å². The van der Waals surface area contributed by atoms with Gasteiger partial charge in [0, 0.05) is 25.6 Å². The lowest BCUT2D eigenvalue weighted by molar-refractivity contribution is 0.238. The molecule has 1 fully saturated rings. The molecule has 0 aromatic carbocycles. The third-order valence-corrected chi connectivity index (χ3v) is 3.26. The van der Waals surface area contributed by atoms with Crippen LogP contribution in [0.4, 0.5) is 11.8 Å². The molecule has 8 heteroatoms. The lowest BCUT2D eigenvalue weighted by Crippen LogP contribution is -2.23. The maximum Gasteiger partial charge on any atom is 0.241 e. The number of aliphatic hydroxyl groups is 1. The standard InChI is InChI=1S/C10H15N7O/c11-15-10-13-8-7(3-12-16-8)9(14-10)17-2-1-6(4-17)5-18/h3,6,18H,1-2,4-5,11H2,(H2,12,13,14,15,16). The number of rotatable bonds is 3. The smallest absolute Gasteiger partial charge is 0.241 e. The number of H-pyrrole nitrogens is 1. The molecule has 0 aliphatic carbocycles. The number of fused-ring (bicyclic) bond motifs is 1. The average molecular weight is 249 g/mol. The quantitative estimate of drug-likeness (QED) is 0.426. The van der Waals surface area contributed by atoms with Crippen LogP contribution < -0.4 is 16.2 Å². The Morgan fingerprint density at radius 2 is 2.44 bits per heavy atom. The third kappa shape index (κ3) is 1.75. The van der Waals surface area contributed by atoms with Crippen molar-refractivity contribution in [3.63, 3.8) is 0 Å². The van der Waals surface area contributed by atoms with Gasteiger partial charge in [0.1, 0.15) is 5.82 Å². The molecule has 0 bridgehead atoms. The van der Waals surface area contributed by atoms with Crippen LogP contribution in [0.15, 0.2) is 6.20 Å². The Labute approximate surface area is 103 Å². The predicted octanol–water partition coefficient (Wildman–Crippen LogP) is -0.543. The summed E-state index contributed by atoms with van der Waals surface area (Å²) in [5.74, 6) is 6.82. The van der Waals surface area contributed by atoms with E-state index >= 15 is 0 Å². The lowest BCUT2D eigenvalue weighted by Gasteiger charge is -2.18. The van der Waals surface area contributed by atoms with Crippen LogP contribution in [-0.2, 0) is 0 Å². The van der Waals surface area contributed by atoms with E-state index in [1.165, 1.54) is 0 Å². The second-order valence-electron chi connectivity index (χ2n) is 4.43. The van der Waals surface area contributed by atoms with Crippen LogP contribution in [0.25, 0.3) is 11.0 Å². The second kappa shape index (κ2) is 4.39. The summed E-state index contributed by atoms with van der Waals surface area (Å²) in [6.45, 7) is 1.86. The van der Waals surface area contributed by atoms with Crippen molar-refractivity contribution in [2.75, 3.05) is 30.0 Å². The van der Waals surface area contributed by atoms with Gasteiger partial charge >= 0.3 is 0 Å². The molecule has 3 rings (SSSR count). The molecule has 5 N–H and O–H groups in total. The van der Waals surface area contributed by atoms with Crippen LogP contribution in [0.5, 0.6) is 0 Å². The van der Waals surface area contributed by atoms with Crippen LogP contribution >= 0.6 is 0 Å². The molecule has 1 atom stereocenters. The summed E-state index contributed by atoms with van der Waals surface area (Å²) in [5, 5.41) is 16.8. The van der Waals surface area contributed by atoms with Gasteiger partial charge in [-0.2, -0.15) is 15.1 Å². The SMILES string of the molecule is NNc1nc(N2CCC(CO)C2)c2cn[nH]c2n1. The highest BCUT2D eigenvalue weighted by atomic mass is 16.3. The van der Waals surface area contributed by atoms with Crippen molar-refractivity contribution in [2.24, 2.45) is 11.8 Å². The maximum atomic E-state index is 9.19. The van der Waals surface area contributed by atoms with Crippen LogP contribution in [0.1, 0.15) is 6.42 Å². The largest absolute Gasteiger partial charge is 0.396 e. The number of anilines is 2. The predicted molar refractivity (Wildman–Crippen MR) is 66.9 cm³/mol. The molecule has 0 amide bonds. The number of hydrogen-bond donors (Lipinski definition) is 4. The Bertz CT molecular complexity index is 554. The highest BCUT2D eigenvalue weighted by Gasteiger charge is 2.25. The molecule has 1 aliphatic rings. The summed E-state index contributed by atoms with van der Waals surface area (Å²) >= 11 is 0. The number of nitrogen functional groups attached to an aromatic ring is 1. The van der Waals surface area contributed by atoms with Crippen LogP contribution in [0, 0.1) is 5.92 Å². The number of aromatic amines is 1. The normalized spacial score (nSPS) is 19.7. The number of hydrazine groups is 1. The summed E-state index contributed by atoms with van der Waals surface area (Å²) in [4.78, 5) is 10.7. The van der Waals surface area contributed by atoms with E-state index in [9.17, 15) is 5.11 Å². The van der Waals surface area contributed by atoms with Crippen molar-refractivity contribution in [3.8, 4) is 0 Å². The van der Waals surface area contributed by atoms with Gasteiger partial charge in [-0.05, 0) is 6.42 Å². The Balaban J connectivity index is 2.02. The zero-order chi connectivity index (χ0) is 12.5. The highest BCUT2D eigenvalue weighted by molar-refractivity contribution is 5.87. The summed E-state index contributed by atoms with van der Waals surface area (Å²) in [5.41, 5.74) is 3.11. The molecule has 18 heavy (non-hydrogen) atoms. The monoisotopic (exact) mass is 249 g/mol. The first-order valence-electron chi connectivity index (χ1n) is 5.85. The Morgan fingerprint density at radius 3 is 3.17 bits per heavy atom. The summed E-state index contributed by atoms with van der Waals surface area (Å²) in [6.07, 6.45) is 2.67. The van der Waals surface area contributed by atoms with E-state index < -0.39 is 0 Å². The minimum Gasteiger partial charge on any atom is -0.396 e. The van der Waals surface area contributed by atoms with E-state index in [4.69, 9.17) is 5.84 Å². The van der Waals surface area contributed by atoms with Gasteiger partial charge in [0.25, 0.3) is 0 Å². The average Bonchev–Trinajstić information content (AvgIpc) is 3.05. The maximum absolute atomic E-state index is 9.19. The summed E-state index contributed by atoms with van der Waals surface area (Å²) in [7, 11) is 0. The fraction of sp³-hybridized carbons (Fsp3) is 0.500. The molecule has 96 valence electrons. The number of nitrogens with two attached hydrogens (primary N) is 1. The molecule has 2 aromatic rings. The Kier molecular flexibility index (Phi) is 2.73. The zero-order valence-electron chi connectivity index (χ0n) is 9.80. The van der Waals surface area contributed by atoms with Crippen molar-refractivity contribution < 1.29 is 5.11 Å². The molecule has 0 radical (unpaired) electrons. The first-order chi connectivity index (χ1) is 8.81. The molecule has 2 aromatic heterocycles. The zero-order valence-corrected chi connectivity index (χ0v) is 9.80. The Morgan fingerprint density at radius 1 is 1.56 bits per heavy atom. The van der Waals surface area contributed by atoms with E-state index in [0.717, 1.165) is 30.7 Å². The van der Waals surface area contributed by atoms with Crippen LogP contribution in [-0.4, -0.2) is 45.0 Å². The van der Waals surface area contributed by atoms with E-state index in [-0.39, 0.29) is 6.61 Å². The van der Waals surface area contributed by atoms with Crippen molar-refractivity contribution >= 4 is 22.8 Å². The number of aromatic nitrogens is 4. The molecule has 1 aliphatic heterocycles. The minimum absolute atomic E-state index is 0.206. The highest BCUT2D eigenvalue weighted by Crippen LogP contribution is 2.28. The van der Waals surface area contributed by atoms with E-state index in [0.29, 0.717) is 17.5 Å². The van der Waals surface area contributed by atoms with Gasteiger partial charge in [-0.15, -0.1) is 0 Å². The third-order valence-electron chi connectivity index (χ3n) is 3.26. The van der Waals surface area contributed by atoms with Crippen LogP contribution in [0.2, 0.25) is 0 Å². The molecule has 8 nitrogen and oxygen atoms in total. The first kappa shape index (κ1) is 11.2. The number of hydrogen-bond acceptors (Lipinski definition) is 7. The molecule has 1 unspecified atom stereocenters. The second-order valence-corrected chi connectivity index (χ2v) is 4.43. The van der Waals surface area contributed by atoms with E-state index in [2.05, 4.69) is 30.5 Å². The number of aliphatic hydroxyl groups excluding tert-OH is 1. The molecular weight excluding hydrogens is 234 g/mol. The van der Waals surface area contributed by atoms with Crippen molar-refractivity contribution in [1.82, 2.24) is 20.2 Å². The Hall–Kier alpha value is -1.93. The lowest BCUT2D eigenvalue weighted by atomic mass is 10.1. The molecular formula is C10H15N7O. The van der Waals surface area contributed by atoms with E-state index in [1.54, 1.807) is 6.20 Å². The van der Waals surface area contributed by atoms with Gasteiger partial charge in [0.05, 0.1) is 11.6 Å². The van der Waals surface area contributed by atoms with Gasteiger partial charge in [-0.3, -0.25) is 10.5 Å². The van der Waals surface area contributed by atoms with Crippen molar-refractivity contribution in [1.29, 1.82) is 0 Å². The topological polar surface area (TPSA) is 116 Å². The van der Waals surface area contributed by atoms with Gasteiger partial charge in [0.15, 0.2) is 5.65 Å². The number of nitrogens with one attached hydrogen (secondary N) is 2. The summed E-state index contributed by atoms with van der Waals surface area (Å²) in [6, 6.07) is 0. The fourth-order valence-corrected chi connectivity index (χ4v) is 2.30. The molecule has 3 heterocycles. The summed E-state index contributed by atoms with van der Waals surface area (Å²) < 4.78 is 0. The molecule has 0 spiro atoms. The molecule has 0 saturated carbocycles. The van der Waals surface area contributed by atoms with Gasteiger partial charge in [-0.1, -0.05) is 0 Å². The van der Waals surface area contributed by atoms with Crippen LogP contribution in [0.3, 0.4) is 0 Å². The first-order valence-corrected chi connectivity index (χ1v) is 5.85. The van der Waals surface area contributed by atoms with E-state index in [1.807, 2.05) is 0 Å². The van der Waals surface area contributed by atoms with Gasteiger partial charge < -0.3 is 10.0 Å². The van der Waals surface area contributed by atoms with Crippen molar-refractivity contribution in [2.45, 2.75) is 6.42 Å². The minimum atomic E-state index is 0.206.